The highest BCUT2D eigenvalue weighted by molar-refractivity contribution is 5.29. The summed E-state index contributed by atoms with van der Waals surface area (Å²) in [5, 5.41) is 3.09. The highest BCUT2D eigenvalue weighted by Crippen LogP contribution is 2.24. The molecule has 5 nitrogen and oxygen atoms in total. The molecule has 1 aromatic heterocycles. The summed E-state index contributed by atoms with van der Waals surface area (Å²) in [4.78, 5) is 9.39. The summed E-state index contributed by atoms with van der Waals surface area (Å²) in [5.74, 6) is 0. The monoisotopic (exact) mass is 236 g/mol. The van der Waals surface area contributed by atoms with Gasteiger partial charge in [0.05, 0.1) is 5.69 Å². The first-order valence-electron chi connectivity index (χ1n) is 6.45. The molecule has 0 saturated carbocycles. The Morgan fingerprint density at radius 1 is 1.47 bits per heavy atom. The lowest BCUT2D eigenvalue weighted by molar-refractivity contribution is 0.226. The van der Waals surface area contributed by atoms with E-state index in [9.17, 15) is 0 Å². The zero-order valence-corrected chi connectivity index (χ0v) is 10.4. The quantitative estimate of drug-likeness (QED) is 0.836. The van der Waals surface area contributed by atoms with Crippen molar-refractivity contribution >= 4 is 6.01 Å². The maximum Gasteiger partial charge on any atom is 0.297 e. The second kappa shape index (κ2) is 4.66. The SMILES string of the molecule is CNCc1coc(N2CCN3CCCC3C2)n1. The Morgan fingerprint density at radius 2 is 2.41 bits per heavy atom. The maximum atomic E-state index is 5.56. The summed E-state index contributed by atoms with van der Waals surface area (Å²) in [7, 11) is 1.92. The number of rotatable bonds is 3. The van der Waals surface area contributed by atoms with Gasteiger partial charge in [-0.2, -0.15) is 4.98 Å². The van der Waals surface area contributed by atoms with Crippen LogP contribution < -0.4 is 10.2 Å². The zero-order chi connectivity index (χ0) is 11.7. The van der Waals surface area contributed by atoms with Crippen LogP contribution >= 0.6 is 0 Å². The van der Waals surface area contributed by atoms with E-state index >= 15 is 0 Å². The van der Waals surface area contributed by atoms with Gasteiger partial charge in [-0.3, -0.25) is 4.90 Å². The zero-order valence-electron chi connectivity index (χ0n) is 10.4. The Labute approximate surface area is 102 Å². The molecule has 1 atom stereocenters. The molecule has 3 heterocycles. The van der Waals surface area contributed by atoms with Crippen LogP contribution in [0, 0.1) is 0 Å². The van der Waals surface area contributed by atoms with Crippen LogP contribution in [0.15, 0.2) is 10.7 Å². The summed E-state index contributed by atoms with van der Waals surface area (Å²) in [5.41, 5.74) is 0.983. The fraction of sp³-hybridized carbons (Fsp3) is 0.750. The summed E-state index contributed by atoms with van der Waals surface area (Å²) < 4.78 is 5.56. The minimum atomic E-state index is 0.711. The van der Waals surface area contributed by atoms with Crippen LogP contribution in [0.25, 0.3) is 0 Å². The van der Waals surface area contributed by atoms with Gasteiger partial charge in [0.1, 0.15) is 6.26 Å². The lowest BCUT2D eigenvalue weighted by Gasteiger charge is -2.36. The largest absolute Gasteiger partial charge is 0.432 e. The van der Waals surface area contributed by atoms with Crippen molar-refractivity contribution in [3.8, 4) is 0 Å². The van der Waals surface area contributed by atoms with Crippen molar-refractivity contribution in [2.45, 2.75) is 25.4 Å². The number of piperazine rings is 1. The van der Waals surface area contributed by atoms with Gasteiger partial charge in [-0.25, -0.2) is 0 Å². The lowest BCUT2D eigenvalue weighted by atomic mass is 10.2. The minimum absolute atomic E-state index is 0.711. The van der Waals surface area contributed by atoms with Crippen molar-refractivity contribution in [2.24, 2.45) is 0 Å². The molecule has 94 valence electrons. The van der Waals surface area contributed by atoms with Gasteiger partial charge in [0.25, 0.3) is 6.01 Å². The molecule has 0 radical (unpaired) electrons. The first-order chi connectivity index (χ1) is 8.36. The molecule has 1 aromatic rings. The van der Waals surface area contributed by atoms with Crippen LogP contribution in [0.5, 0.6) is 0 Å². The third kappa shape index (κ3) is 2.17. The van der Waals surface area contributed by atoms with Gasteiger partial charge in [0.15, 0.2) is 0 Å². The van der Waals surface area contributed by atoms with E-state index in [0.29, 0.717) is 6.04 Å². The Bertz CT molecular complexity index is 378. The second-order valence-electron chi connectivity index (χ2n) is 4.93. The molecule has 2 aliphatic heterocycles. The first-order valence-corrected chi connectivity index (χ1v) is 6.45. The van der Waals surface area contributed by atoms with Crippen molar-refractivity contribution in [3.05, 3.63) is 12.0 Å². The van der Waals surface area contributed by atoms with E-state index in [0.717, 1.165) is 37.9 Å². The van der Waals surface area contributed by atoms with Crippen LogP contribution in [0.3, 0.4) is 0 Å². The average Bonchev–Trinajstić information content (AvgIpc) is 2.96. The van der Waals surface area contributed by atoms with Crippen LogP contribution in [0.2, 0.25) is 0 Å². The van der Waals surface area contributed by atoms with E-state index in [1.54, 1.807) is 6.26 Å². The van der Waals surface area contributed by atoms with Gasteiger partial charge >= 0.3 is 0 Å². The van der Waals surface area contributed by atoms with Crippen molar-refractivity contribution in [1.82, 2.24) is 15.2 Å². The molecule has 0 aromatic carbocycles. The molecule has 2 saturated heterocycles. The number of aromatic nitrogens is 1. The van der Waals surface area contributed by atoms with Gasteiger partial charge in [0, 0.05) is 32.2 Å². The fourth-order valence-electron chi connectivity index (χ4n) is 2.87. The molecule has 1 unspecified atom stereocenters. The molecule has 0 spiro atoms. The topological polar surface area (TPSA) is 44.5 Å². The molecular weight excluding hydrogens is 216 g/mol. The molecule has 1 N–H and O–H groups in total. The van der Waals surface area contributed by atoms with E-state index in [4.69, 9.17) is 4.42 Å². The lowest BCUT2D eigenvalue weighted by Crippen LogP contribution is -2.50. The maximum absolute atomic E-state index is 5.56. The van der Waals surface area contributed by atoms with Crippen molar-refractivity contribution in [1.29, 1.82) is 0 Å². The van der Waals surface area contributed by atoms with Crippen molar-refractivity contribution in [3.63, 3.8) is 0 Å². The minimum Gasteiger partial charge on any atom is -0.432 e. The van der Waals surface area contributed by atoms with Gasteiger partial charge < -0.3 is 14.6 Å². The predicted octanol–water partition coefficient (Wildman–Crippen LogP) is 0.678. The highest BCUT2D eigenvalue weighted by Gasteiger charge is 2.31. The van der Waals surface area contributed by atoms with Gasteiger partial charge in [-0.05, 0) is 26.4 Å². The Hall–Kier alpha value is -1.07. The predicted molar refractivity (Wildman–Crippen MR) is 66.1 cm³/mol. The second-order valence-corrected chi connectivity index (χ2v) is 4.93. The number of oxazole rings is 1. The van der Waals surface area contributed by atoms with E-state index in [1.807, 2.05) is 7.05 Å². The summed E-state index contributed by atoms with van der Waals surface area (Å²) in [6.45, 7) is 5.30. The summed E-state index contributed by atoms with van der Waals surface area (Å²) in [6, 6.07) is 1.50. The van der Waals surface area contributed by atoms with Gasteiger partial charge in [-0.1, -0.05) is 0 Å². The van der Waals surface area contributed by atoms with Crippen molar-refractivity contribution in [2.75, 3.05) is 38.1 Å². The van der Waals surface area contributed by atoms with Crippen LogP contribution in [-0.2, 0) is 6.54 Å². The Morgan fingerprint density at radius 3 is 3.29 bits per heavy atom. The summed E-state index contributed by atoms with van der Waals surface area (Å²) in [6.07, 6.45) is 4.42. The molecule has 2 fully saturated rings. The normalized spacial score (nSPS) is 25.2. The van der Waals surface area contributed by atoms with E-state index in [-0.39, 0.29) is 0 Å². The standard InChI is InChI=1S/C12H20N4O/c1-13-7-10-9-17-12(14-10)16-6-5-15-4-2-3-11(15)8-16/h9,11,13H,2-8H2,1H3. The number of nitrogens with one attached hydrogen (secondary N) is 1. The molecule has 17 heavy (non-hydrogen) atoms. The van der Waals surface area contributed by atoms with Crippen molar-refractivity contribution < 1.29 is 4.42 Å². The third-order valence-corrected chi connectivity index (χ3v) is 3.76. The smallest absolute Gasteiger partial charge is 0.297 e. The van der Waals surface area contributed by atoms with E-state index in [1.165, 1.54) is 19.4 Å². The van der Waals surface area contributed by atoms with E-state index < -0.39 is 0 Å². The molecule has 0 aliphatic carbocycles. The molecule has 0 amide bonds. The molecule has 5 heteroatoms. The Balaban J connectivity index is 1.67. The van der Waals surface area contributed by atoms with E-state index in [2.05, 4.69) is 20.1 Å². The van der Waals surface area contributed by atoms with Crippen LogP contribution in [0.4, 0.5) is 6.01 Å². The van der Waals surface area contributed by atoms with Gasteiger partial charge in [0.2, 0.25) is 0 Å². The molecule has 3 rings (SSSR count). The number of anilines is 1. The van der Waals surface area contributed by atoms with Gasteiger partial charge in [-0.15, -0.1) is 0 Å². The Kier molecular flexibility index (Phi) is 3.03. The fourth-order valence-corrected chi connectivity index (χ4v) is 2.87. The number of hydrogen-bond acceptors (Lipinski definition) is 5. The van der Waals surface area contributed by atoms with Crippen LogP contribution in [-0.4, -0.2) is 49.2 Å². The number of nitrogens with zero attached hydrogens (tertiary/aromatic N) is 3. The average molecular weight is 236 g/mol. The summed E-state index contributed by atoms with van der Waals surface area (Å²) >= 11 is 0. The number of hydrogen-bond donors (Lipinski definition) is 1. The molecule has 0 bridgehead atoms. The first kappa shape index (κ1) is 11.0. The third-order valence-electron chi connectivity index (χ3n) is 3.76. The highest BCUT2D eigenvalue weighted by atomic mass is 16.4. The van der Waals surface area contributed by atoms with Crippen LogP contribution in [0.1, 0.15) is 18.5 Å². The molecular formula is C12H20N4O. The molecule has 2 aliphatic rings. The number of fused-ring (bicyclic) bond motifs is 1.